The van der Waals surface area contributed by atoms with Crippen LogP contribution in [-0.4, -0.2) is 34.2 Å². The molecule has 1 fully saturated rings. The van der Waals surface area contributed by atoms with Gasteiger partial charge in [0.15, 0.2) is 15.8 Å². The van der Waals surface area contributed by atoms with E-state index < -0.39 is 9.84 Å². The summed E-state index contributed by atoms with van der Waals surface area (Å²) < 4.78 is 36.5. The summed E-state index contributed by atoms with van der Waals surface area (Å²) >= 11 is 0. The molecule has 0 saturated heterocycles. The number of nitrogens with zero attached hydrogens (tertiary/aromatic N) is 1. The summed E-state index contributed by atoms with van der Waals surface area (Å²) in [5.41, 5.74) is 1.94. The predicted octanol–water partition coefficient (Wildman–Crippen LogP) is 3.24. The monoisotopic (exact) mass is 517 g/mol. The number of benzene rings is 2. The van der Waals surface area contributed by atoms with E-state index >= 15 is 0 Å². The van der Waals surface area contributed by atoms with Gasteiger partial charge in [0, 0.05) is 31.8 Å². The molecular weight excluding hydrogens is 492 g/mol. The maximum Gasteiger partial charge on any atom is 0.191 e. The van der Waals surface area contributed by atoms with Crippen molar-refractivity contribution in [1.82, 2.24) is 10.6 Å². The zero-order valence-corrected chi connectivity index (χ0v) is 19.1. The van der Waals surface area contributed by atoms with Crippen LogP contribution in [0.5, 0.6) is 0 Å². The van der Waals surface area contributed by atoms with Crippen LogP contribution in [0.15, 0.2) is 58.4 Å². The summed E-state index contributed by atoms with van der Waals surface area (Å²) in [4.78, 5) is 4.53. The fourth-order valence-electron chi connectivity index (χ4n) is 3.05. The summed E-state index contributed by atoms with van der Waals surface area (Å²) in [7, 11) is -1.49. The molecule has 3 rings (SSSR count). The SMILES string of the molecule is CN=C(NCc1ccc(S(C)(=O)=O)cc1)NCC1(c2cccc(F)c2)CC1.I. The Balaban J connectivity index is 0.00000280. The van der Waals surface area contributed by atoms with Crippen molar-refractivity contribution in [1.29, 1.82) is 0 Å². The Labute approximate surface area is 182 Å². The van der Waals surface area contributed by atoms with Crippen LogP contribution >= 0.6 is 24.0 Å². The molecule has 8 heteroatoms. The van der Waals surface area contributed by atoms with Crippen molar-refractivity contribution in [3.05, 3.63) is 65.5 Å². The molecule has 0 atom stereocenters. The van der Waals surface area contributed by atoms with Crippen molar-refractivity contribution in [3.8, 4) is 0 Å². The van der Waals surface area contributed by atoms with E-state index in [1.165, 1.54) is 12.3 Å². The molecule has 1 aliphatic rings. The average Bonchev–Trinajstić information content (AvgIpc) is 3.43. The Morgan fingerprint density at radius 2 is 1.82 bits per heavy atom. The number of guanidine groups is 1. The third-order valence-electron chi connectivity index (χ3n) is 4.92. The van der Waals surface area contributed by atoms with Crippen molar-refractivity contribution >= 4 is 39.8 Å². The first kappa shape index (κ1) is 22.6. The highest BCUT2D eigenvalue weighted by Gasteiger charge is 2.44. The second-order valence-electron chi connectivity index (χ2n) is 6.99. The van der Waals surface area contributed by atoms with Gasteiger partial charge in [0.1, 0.15) is 5.82 Å². The van der Waals surface area contributed by atoms with Crippen molar-refractivity contribution in [2.24, 2.45) is 4.99 Å². The van der Waals surface area contributed by atoms with E-state index in [2.05, 4.69) is 15.6 Å². The van der Waals surface area contributed by atoms with Crippen LogP contribution < -0.4 is 10.6 Å². The van der Waals surface area contributed by atoms with Gasteiger partial charge < -0.3 is 10.6 Å². The average molecular weight is 517 g/mol. The molecule has 1 aliphatic carbocycles. The van der Waals surface area contributed by atoms with Gasteiger partial charge in [-0.25, -0.2) is 12.8 Å². The first-order chi connectivity index (χ1) is 12.8. The number of hydrogen-bond acceptors (Lipinski definition) is 3. The quantitative estimate of drug-likeness (QED) is 0.351. The van der Waals surface area contributed by atoms with E-state index in [1.54, 1.807) is 43.4 Å². The number of nitrogens with one attached hydrogen (secondary N) is 2. The minimum atomic E-state index is -3.19. The zero-order valence-electron chi connectivity index (χ0n) is 15.9. The fourth-order valence-corrected chi connectivity index (χ4v) is 3.68. The Kier molecular flexibility index (Phi) is 7.44. The molecule has 0 aromatic heterocycles. The van der Waals surface area contributed by atoms with Crippen LogP contribution in [0.25, 0.3) is 0 Å². The van der Waals surface area contributed by atoms with Crippen LogP contribution in [0.1, 0.15) is 24.0 Å². The molecule has 0 spiro atoms. The lowest BCUT2D eigenvalue weighted by Gasteiger charge is -2.19. The van der Waals surface area contributed by atoms with Gasteiger partial charge in [-0.15, -0.1) is 24.0 Å². The highest BCUT2D eigenvalue weighted by molar-refractivity contribution is 14.0. The number of halogens is 2. The summed E-state index contributed by atoms with van der Waals surface area (Å²) in [6.07, 6.45) is 3.24. The van der Waals surface area contributed by atoms with Crippen LogP contribution in [0.3, 0.4) is 0 Å². The van der Waals surface area contributed by atoms with Crippen molar-refractivity contribution in [2.75, 3.05) is 19.8 Å². The second-order valence-corrected chi connectivity index (χ2v) is 9.00. The minimum Gasteiger partial charge on any atom is -0.356 e. The molecular formula is C20H25FIN3O2S. The maximum atomic E-state index is 13.5. The van der Waals surface area contributed by atoms with E-state index in [9.17, 15) is 12.8 Å². The van der Waals surface area contributed by atoms with E-state index in [4.69, 9.17) is 0 Å². The van der Waals surface area contributed by atoms with Gasteiger partial charge in [-0.3, -0.25) is 4.99 Å². The van der Waals surface area contributed by atoms with Gasteiger partial charge in [0.25, 0.3) is 0 Å². The second kappa shape index (κ2) is 9.21. The molecule has 0 amide bonds. The highest BCUT2D eigenvalue weighted by Crippen LogP contribution is 2.47. The first-order valence-corrected chi connectivity index (χ1v) is 10.7. The molecule has 0 radical (unpaired) electrons. The van der Waals surface area contributed by atoms with Crippen LogP contribution in [0, 0.1) is 5.82 Å². The molecule has 2 N–H and O–H groups in total. The van der Waals surface area contributed by atoms with E-state index in [0.29, 0.717) is 23.9 Å². The molecule has 1 saturated carbocycles. The van der Waals surface area contributed by atoms with Crippen molar-refractivity contribution < 1.29 is 12.8 Å². The molecule has 0 aliphatic heterocycles. The lowest BCUT2D eigenvalue weighted by molar-refractivity contribution is 0.601. The Bertz CT molecular complexity index is 942. The fraction of sp³-hybridized carbons (Fsp3) is 0.350. The molecule has 2 aromatic rings. The predicted molar refractivity (Wildman–Crippen MR) is 120 cm³/mol. The van der Waals surface area contributed by atoms with E-state index in [0.717, 1.165) is 24.0 Å². The first-order valence-electron chi connectivity index (χ1n) is 8.82. The molecule has 28 heavy (non-hydrogen) atoms. The number of aliphatic imine (C=N–C) groups is 1. The minimum absolute atomic E-state index is 0. The zero-order chi connectivity index (χ0) is 19.5. The van der Waals surface area contributed by atoms with Gasteiger partial charge >= 0.3 is 0 Å². The third-order valence-corrected chi connectivity index (χ3v) is 6.05. The van der Waals surface area contributed by atoms with Crippen LogP contribution in [-0.2, 0) is 21.8 Å². The normalized spacial score (nSPS) is 15.5. The summed E-state index contributed by atoms with van der Waals surface area (Å²) in [5.74, 6) is 0.448. The van der Waals surface area contributed by atoms with Gasteiger partial charge in [0.05, 0.1) is 4.90 Å². The lowest BCUT2D eigenvalue weighted by Crippen LogP contribution is -2.40. The molecule has 5 nitrogen and oxygen atoms in total. The summed E-state index contributed by atoms with van der Waals surface area (Å²) in [6, 6.07) is 13.6. The van der Waals surface area contributed by atoms with E-state index in [1.807, 2.05) is 6.07 Å². The topological polar surface area (TPSA) is 70.6 Å². The van der Waals surface area contributed by atoms with Crippen LogP contribution in [0.2, 0.25) is 0 Å². The van der Waals surface area contributed by atoms with E-state index in [-0.39, 0.29) is 35.2 Å². The molecule has 152 valence electrons. The Morgan fingerprint density at radius 3 is 2.36 bits per heavy atom. The van der Waals surface area contributed by atoms with Gasteiger partial charge in [0.2, 0.25) is 0 Å². The molecule has 0 unspecified atom stereocenters. The smallest absolute Gasteiger partial charge is 0.191 e. The third kappa shape index (κ3) is 5.66. The molecule has 0 bridgehead atoms. The van der Waals surface area contributed by atoms with Crippen molar-refractivity contribution in [2.45, 2.75) is 29.7 Å². The van der Waals surface area contributed by atoms with Gasteiger partial charge in [-0.05, 0) is 48.2 Å². The summed E-state index contributed by atoms with van der Waals surface area (Å²) in [6.45, 7) is 1.21. The van der Waals surface area contributed by atoms with Crippen LogP contribution in [0.4, 0.5) is 4.39 Å². The Hall–Kier alpha value is -1.68. The largest absolute Gasteiger partial charge is 0.356 e. The van der Waals surface area contributed by atoms with Gasteiger partial charge in [-0.1, -0.05) is 24.3 Å². The lowest BCUT2D eigenvalue weighted by atomic mass is 9.96. The number of sulfone groups is 1. The molecule has 2 aromatic carbocycles. The maximum absolute atomic E-state index is 13.5. The molecule has 0 heterocycles. The Morgan fingerprint density at radius 1 is 1.14 bits per heavy atom. The number of hydrogen-bond donors (Lipinski definition) is 2. The van der Waals surface area contributed by atoms with Crippen molar-refractivity contribution in [3.63, 3.8) is 0 Å². The highest BCUT2D eigenvalue weighted by atomic mass is 127. The standard InChI is InChI=1S/C20H24FN3O2S.HI/c1-22-19(23-13-15-6-8-18(9-7-15)27(2,25)26)24-14-20(10-11-20)16-4-3-5-17(21)12-16;/h3-9,12H,10-11,13-14H2,1-2H3,(H2,22,23,24);1H. The van der Waals surface area contributed by atoms with Gasteiger partial charge in [-0.2, -0.15) is 0 Å². The number of rotatable bonds is 6. The summed E-state index contributed by atoms with van der Waals surface area (Å²) in [5, 5.41) is 6.54.